The van der Waals surface area contributed by atoms with Crippen LogP contribution in [0.1, 0.15) is 20.7 Å². The second-order valence-corrected chi connectivity index (χ2v) is 6.65. The zero-order chi connectivity index (χ0) is 19.0. The maximum Gasteiger partial charge on any atom is 0.254 e. The molecule has 1 aliphatic heterocycles. The molecule has 0 radical (unpaired) electrons. The number of nitrogens with zero attached hydrogens (tertiary/aromatic N) is 4. The highest BCUT2D eigenvalue weighted by Crippen LogP contribution is 2.17. The third-order valence-electron chi connectivity index (χ3n) is 4.92. The summed E-state index contributed by atoms with van der Waals surface area (Å²) in [6.45, 7) is 1.83. The van der Waals surface area contributed by atoms with Crippen LogP contribution in [0.5, 0.6) is 0 Å². The number of carbonyl (C=O) groups excluding carboxylic acids is 2. The number of amides is 2. The van der Waals surface area contributed by atoms with Crippen molar-refractivity contribution in [1.29, 1.82) is 0 Å². The van der Waals surface area contributed by atoms with E-state index in [1.54, 1.807) is 22.2 Å². The van der Waals surface area contributed by atoms with Crippen molar-refractivity contribution in [2.45, 2.75) is 0 Å². The highest BCUT2D eigenvalue weighted by atomic mass is 19.1. The molecule has 2 heterocycles. The summed E-state index contributed by atoms with van der Waals surface area (Å²) in [4.78, 5) is 33.0. The summed E-state index contributed by atoms with van der Waals surface area (Å²) in [6.07, 6.45) is 1.72. The highest BCUT2D eigenvalue weighted by Gasteiger charge is 2.25. The monoisotopic (exact) mass is 366 g/mol. The number of halogens is 1. The lowest BCUT2D eigenvalue weighted by molar-refractivity contribution is 0.0535. The van der Waals surface area contributed by atoms with Crippen molar-refractivity contribution >= 4 is 22.8 Å². The Balaban J connectivity index is 1.42. The van der Waals surface area contributed by atoms with Crippen LogP contribution >= 0.6 is 0 Å². The first-order valence-electron chi connectivity index (χ1n) is 8.78. The van der Waals surface area contributed by atoms with Crippen LogP contribution in [0.15, 0.2) is 48.8 Å². The minimum Gasteiger partial charge on any atom is -0.335 e. The van der Waals surface area contributed by atoms with E-state index in [4.69, 9.17) is 0 Å². The van der Waals surface area contributed by atoms with Crippen molar-refractivity contribution in [3.05, 3.63) is 65.7 Å². The van der Waals surface area contributed by atoms with Crippen LogP contribution in [0.2, 0.25) is 0 Å². The van der Waals surface area contributed by atoms with Gasteiger partial charge in [-0.1, -0.05) is 0 Å². The quantitative estimate of drug-likeness (QED) is 0.699. The van der Waals surface area contributed by atoms with Gasteiger partial charge in [0.05, 0.1) is 17.4 Å². The Morgan fingerprint density at radius 2 is 1.44 bits per heavy atom. The van der Waals surface area contributed by atoms with Gasteiger partial charge in [-0.05, 0) is 42.5 Å². The lowest BCUT2D eigenvalue weighted by Crippen LogP contribution is -2.50. The average Bonchev–Trinajstić information content (AvgIpc) is 3.08. The number of piperazine rings is 1. The molecule has 6 nitrogen and oxygen atoms in total. The third-order valence-corrected chi connectivity index (χ3v) is 4.92. The Morgan fingerprint density at radius 3 is 2.07 bits per heavy atom. The van der Waals surface area contributed by atoms with E-state index < -0.39 is 0 Å². The molecule has 1 fully saturated rings. The Bertz CT molecular complexity index is 1000. The van der Waals surface area contributed by atoms with Crippen molar-refractivity contribution in [3.63, 3.8) is 0 Å². The summed E-state index contributed by atoms with van der Waals surface area (Å²) in [7, 11) is 1.91. The summed E-state index contributed by atoms with van der Waals surface area (Å²) in [5.74, 6) is -0.569. The molecule has 138 valence electrons. The molecule has 0 N–H and O–H groups in total. The number of benzene rings is 2. The van der Waals surface area contributed by atoms with Crippen LogP contribution in [0.4, 0.5) is 4.39 Å². The van der Waals surface area contributed by atoms with Gasteiger partial charge in [-0.2, -0.15) is 0 Å². The molecule has 0 atom stereocenters. The molecule has 0 unspecified atom stereocenters. The first-order chi connectivity index (χ1) is 13.0. The number of aromatic nitrogens is 2. The molecular formula is C20H19FN4O2. The molecule has 3 aromatic rings. The molecule has 7 heteroatoms. The van der Waals surface area contributed by atoms with Crippen LogP contribution in [0.3, 0.4) is 0 Å². The van der Waals surface area contributed by atoms with Crippen LogP contribution < -0.4 is 0 Å². The van der Waals surface area contributed by atoms with Gasteiger partial charge in [0, 0.05) is 44.4 Å². The average molecular weight is 366 g/mol. The molecular weight excluding hydrogens is 347 g/mol. The fourth-order valence-electron chi connectivity index (χ4n) is 3.34. The fourth-order valence-corrected chi connectivity index (χ4v) is 3.34. The molecule has 27 heavy (non-hydrogen) atoms. The van der Waals surface area contributed by atoms with Gasteiger partial charge in [0.25, 0.3) is 11.8 Å². The van der Waals surface area contributed by atoms with Gasteiger partial charge in [-0.3, -0.25) is 9.59 Å². The van der Waals surface area contributed by atoms with E-state index in [1.165, 1.54) is 24.3 Å². The van der Waals surface area contributed by atoms with Gasteiger partial charge in [0.2, 0.25) is 0 Å². The molecule has 0 saturated carbocycles. The van der Waals surface area contributed by atoms with E-state index in [1.807, 2.05) is 23.7 Å². The standard InChI is InChI=1S/C20H19FN4O2/c1-23-13-22-17-12-15(4-7-18(17)23)20(27)25-10-8-24(9-11-25)19(26)14-2-5-16(21)6-3-14/h2-7,12-13H,8-11H2,1H3. The van der Waals surface area contributed by atoms with Crippen molar-refractivity contribution < 1.29 is 14.0 Å². The van der Waals surface area contributed by atoms with Crippen molar-refractivity contribution in [1.82, 2.24) is 19.4 Å². The number of fused-ring (bicyclic) bond motifs is 1. The summed E-state index contributed by atoms with van der Waals surface area (Å²) in [5, 5.41) is 0. The summed E-state index contributed by atoms with van der Waals surface area (Å²) in [5.41, 5.74) is 2.81. The van der Waals surface area contributed by atoms with Crippen molar-refractivity contribution in [2.75, 3.05) is 26.2 Å². The molecule has 1 aromatic heterocycles. The van der Waals surface area contributed by atoms with E-state index in [2.05, 4.69) is 4.98 Å². The summed E-state index contributed by atoms with van der Waals surface area (Å²) >= 11 is 0. The third kappa shape index (κ3) is 3.28. The molecule has 0 bridgehead atoms. The number of carbonyl (C=O) groups is 2. The second-order valence-electron chi connectivity index (χ2n) is 6.65. The molecule has 1 aliphatic rings. The molecule has 4 rings (SSSR count). The topological polar surface area (TPSA) is 58.4 Å². The van der Waals surface area contributed by atoms with E-state index in [-0.39, 0.29) is 17.6 Å². The van der Waals surface area contributed by atoms with Gasteiger partial charge in [0.1, 0.15) is 5.82 Å². The first kappa shape index (κ1) is 17.2. The molecule has 2 amide bonds. The summed E-state index contributed by atoms with van der Waals surface area (Å²) in [6, 6.07) is 11.0. The van der Waals surface area contributed by atoms with Gasteiger partial charge in [0.15, 0.2) is 0 Å². The number of imidazole rings is 1. The number of aryl methyl sites for hydroxylation is 1. The van der Waals surface area contributed by atoms with Gasteiger partial charge in [-0.15, -0.1) is 0 Å². The Labute approximate surface area is 155 Å². The smallest absolute Gasteiger partial charge is 0.254 e. The molecule has 1 saturated heterocycles. The largest absolute Gasteiger partial charge is 0.335 e. The predicted molar refractivity (Wildman–Crippen MR) is 98.9 cm³/mol. The minimum absolute atomic E-state index is 0.0589. The van der Waals surface area contributed by atoms with Gasteiger partial charge >= 0.3 is 0 Å². The van der Waals surface area contributed by atoms with Gasteiger partial charge in [-0.25, -0.2) is 9.37 Å². The highest BCUT2D eigenvalue weighted by molar-refractivity contribution is 5.98. The molecule has 0 spiro atoms. The second kappa shape index (κ2) is 6.83. The number of hydrogen-bond acceptors (Lipinski definition) is 3. The van der Waals surface area contributed by atoms with Crippen LogP contribution in [-0.4, -0.2) is 57.3 Å². The zero-order valence-electron chi connectivity index (χ0n) is 14.9. The number of rotatable bonds is 2. The van der Waals surface area contributed by atoms with Crippen LogP contribution in [-0.2, 0) is 7.05 Å². The number of hydrogen-bond donors (Lipinski definition) is 0. The minimum atomic E-state index is -0.369. The predicted octanol–water partition coefficient (Wildman–Crippen LogP) is 2.31. The van der Waals surface area contributed by atoms with E-state index >= 15 is 0 Å². The molecule has 0 aliphatic carbocycles. The van der Waals surface area contributed by atoms with Gasteiger partial charge < -0.3 is 14.4 Å². The Morgan fingerprint density at radius 1 is 0.889 bits per heavy atom. The van der Waals surface area contributed by atoms with E-state index in [0.29, 0.717) is 37.3 Å². The lowest BCUT2D eigenvalue weighted by Gasteiger charge is -2.34. The summed E-state index contributed by atoms with van der Waals surface area (Å²) < 4.78 is 14.9. The maximum absolute atomic E-state index is 13.0. The SMILES string of the molecule is Cn1cnc2cc(C(=O)N3CCN(C(=O)c4ccc(F)cc4)CC3)ccc21. The first-order valence-corrected chi connectivity index (χ1v) is 8.78. The van der Waals surface area contributed by atoms with Crippen molar-refractivity contribution in [2.24, 2.45) is 7.05 Å². The Kier molecular flexibility index (Phi) is 4.35. The maximum atomic E-state index is 13.0. The van der Waals surface area contributed by atoms with Crippen molar-refractivity contribution in [3.8, 4) is 0 Å². The Hall–Kier alpha value is -3.22. The molecule has 2 aromatic carbocycles. The van der Waals surface area contributed by atoms with E-state index in [9.17, 15) is 14.0 Å². The fraction of sp³-hybridized carbons (Fsp3) is 0.250. The van der Waals surface area contributed by atoms with E-state index in [0.717, 1.165) is 11.0 Å². The normalized spacial score (nSPS) is 14.6. The van der Waals surface area contributed by atoms with Crippen LogP contribution in [0, 0.1) is 5.82 Å². The zero-order valence-corrected chi connectivity index (χ0v) is 14.9. The van der Waals surface area contributed by atoms with Crippen LogP contribution in [0.25, 0.3) is 11.0 Å². The lowest BCUT2D eigenvalue weighted by atomic mass is 10.1.